The van der Waals surface area contributed by atoms with Crippen molar-refractivity contribution in [1.82, 2.24) is 21.3 Å². The number of benzene rings is 3. The third-order valence-electron chi connectivity index (χ3n) is 8.22. The molecule has 4 rings (SSSR count). The summed E-state index contributed by atoms with van der Waals surface area (Å²) in [5, 5.41) is 23.9. The monoisotopic (exact) mass is 635 g/mol. The molecule has 1 aliphatic rings. The Bertz CT molecular complexity index is 1510. The van der Waals surface area contributed by atoms with Crippen LogP contribution < -0.4 is 25.6 Å². The highest BCUT2D eigenvalue weighted by atomic mass is 32.2. The molecule has 10 nitrogen and oxygen atoms in total. The third-order valence-corrected chi connectivity index (χ3v) is 9.42. The van der Waals surface area contributed by atoms with E-state index in [1.54, 1.807) is 0 Å². The number of aliphatic hydroxyl groups is 1. The van der Waals surface area contributed by atoms with Crippen LogP contribution >= 0.6 is 0 Å². The molecule has 1 saturated heterocycles. The Morgan fingerprint density at radius 2 is 1.60 bits per heavy atom. The second-order valence-electron chi connectivity index (χ2n) is 11.8. The molecule has 3 aromatic rings. The lowest BCUT2D eigenvalue weighted by atomic mass is 9.98. The first kappa shape index (κ1) is 34.1. The number of carbonyl (C=O) groups excluding carboxylic acids is 2. The average molecular weight is 636 g/mol. The van der Waals surface area contributed by atoms with E-state index < -0.39 is 34.0 Å². The van der Waals surface area contributed by atoms with Crippen LogP contribution in [0.1, 0.15) is 57.7 Å². The molecule has 1 fully saturated rings. The molecule has 0 aliphatic carbocycles. The fourth-order valence-electron chi connectivity index (χ4n) is 5.43. The van der Waals surface area contributed by atoms with Crippen molar-refractivity contribution in [2.24, 2.45) is 5.92 Å². The summed E-state index contributed by atoms with van der Waals surface area (Å²) in [6.07, 6.45) is 2.78. The first-order valence-corrected chi connectivity index (χ1v) is 17.2. The molecule has 0 radical (unpaired) electrons. The van der Waals surface area contributed by atoms with Gasteiger partial charge in [-0.1, -0.05) is 60.7 Å². The van der Waals surface area contributed by atoms with Gasteiger partial charge in [0, 0.05) is 24.7 Å². The van der Waals surface area contributed by atoms with Crippen LogP contribution in [0.15, 0.2) is 78.9 Å². The molecule has 1 heterocycles. The highest BCUT2D eigenvalue weighted by molar-refractivity contribution is 7.92. The van der Waals surface area contributed by atoms with Crippen molar-refractivity contribution >= 4 is 27.5 Å². The van der Waals surface area contributed by atoms with Gasteiger partial charge in [-0.05, 0) is 81.1 Å². The van der Waals surface area contributed by atoms with Crippen molar-refractivity contribution < 1.29 is 23.1 Å². The van der Waals surface area contributed by atoms with Crippen LogP contribution in [0.2, 0.25) is 0 Å². The van der Waals surface area contributed by atoms with Gasteiger partial charge in [0.25, 0.3) is 11.8 Å². The minimum Gasteiger partial charge on any atom is -0.390 e. The number of amides is 2. The van der Waals surface area contributed by atoms with Gasteiger partial charge in [0.2, 0.25) is 10.0 Å². The zero-order chi connectivity index (χ0) is 32.4. The van der Waals surface area contributed by atoms with Crippen molar-refractivity contribution in [3.05, 3.63) is 101 Å². The highest BCUT2D eigenvalue weighted by Gasteiger charge is 2.25. The molecule has 11 heteroatoms. The van der Waals surface area contributed by atoms with Gasteiger partial charge in [-0.15, -0.1) is 0 Å². The van der Waals surface area contributed by atoms with E-state index in [0.717, 1.165) is 54.2 Å². The Labute approximate surface area is 266 Å². The summed E-state index contributed by atoms with van der Waals surface area (Å²) in [7, 11) is -2.32. The summed E-state index contributed by atoms with van der Waals surface area (Å²) in [5.41, 5.74) is 2.26. The summed E-state index contributed by atoms with van der Waals surface area (Å²) in [5.74, 6) is -0.497. The van der Waals surface area contributed by atoms with E-state index in [0.29, 0.717) is 12.3 Å². The van der Waals surface area contributed by atoms with Gasteiger partial charge >= 0.3 is 0 Å². The number of sulfonamides is 1. The molecule has 5 N–H and O–H groups in total. The predicted molar refractivity (Wildman–Crippen MR) is 178 cm³/mol. The number of rotatable bonds is 14. The molecular formula is C34H45N5O5S. The van der Waals surface area contributed by atoms with E-state index in [9.17, 15) is 23.1 Å². The molecule has 242 valence electrons. The molecule has 2 amide bonds. The Balaban J connectivity index is 1.56. The van der Waals surface area contributed by atoms with Gasteiger partial charge in [-0.2, -0.15) is 0 Å². The van der Waals surface area contributed by atoms with Crippen molar-refractivity contribution in [2.75, 3.05) is 43.8 Å². The van der Waals surface area contributed by atoms with Crippen molar-refractivity contribution in [2.45, 2.75) is 44.4 Å². The van der Waals surface area contributed by atoms with Crippen LogP contribution in [0, 0.1) is 5.92 Å². The van der Waals surface area contributed by atoms with E-state index in [2.05, 4.69) is 21.3 Å². The van der Waals surface area contributed by atoms with Gasteiger partial charge in [-0.3, -0.25) is 13.9 Å². The second-order valence-corrected chi connectivity index (χ2v) is 13.8. The molecule has 0 spiro atoms. The number of anilines is 1. The largest absolute Gasteiger partial charge is 0.390 e. The predicted octanol–water partition coefficient (Wildman–Crippen LogP) is 2.86. The Kier molecular flexibility index (Phi) is 12.1. The standard InChI is InChI=1S/C34H45N5O5S/c1-24(27-14-8-5-9-15-27)37-33(41)28-18-29(20-30(19-28)39(2)45(3,43)44)34(42)38-31(17-25-11-6-4-7-12-25)32(40)23-36-22-26-13-10-16-35-21-26/h4-9,11-12,14-15,18-20,24,26,31-32,35-36,40H,10,13,16-17,21-23H2,1-3H3,(H,37,41)(H,38,42). The van der Waals surface area contributed by atoms with E-state index in [4.69, 9.17) is 0 Å². The zero-order valence-corrected chi connectivity index (χ0v) is 27.0. The molecule has 45 heavy (non-hydrogen) atoms. The maximum absolute atomic E-state index is 13.8. The van der Waals surface area contributed by atoms with Gasteiger partial charge in [0.15, 0.2) is 0 Å². The second kappa shape index (κ2) is 16.0. The normalized spacial score (nSPS) is 17.1. The summed E-state index contributed by atoms with van der Waals surface area (Å²) >= 11 is 0. The van der Waals surface area contributed by atoms with Gasteiger partial charge < -0.3 is 26.4 Å². The minimum absolute atomic E-state index is 0.104. The molecule has 0 saturated carbocycles. The summed E-state index contributed by atoms with van der Waals surface area (Å²) in [4.78, 5) is 27.1. The van der Waals surface area contributed by atoms with E-state index in [-0.39, 0.29) is 29.4 Å². The van der Waals surface area contributed by atoms with Crippen molar-refractivity contribution in [3.63, 3.8) is 0 Å². The number of aliphatic hydroxyl groups excluding tert-OH is 1. The molecule has 4 atom stereocenters. The van der Waals surface area contributed by atoms with Gasteiger partial charge in [-0.25, -0.2) is 8.42 Å². The third kappa shape index (κ3) is 10.1. The van der Waals surface area contributed by atoms with Crippen LogP contribution in [0.4, 0.5) is 5.69 Å². The molecule has 0 bridgehead atoms. The maximum Gasteiger partial charge on any atom is 0.251 e. The first-order chi connectivity index (χ1) is 21.5. The van der Waals surface area contributed by atoms with E-state index in [1.807, 2.05) is 67.6 Å². The molecule has 1 aliphatic heterocycles. The lowest BCUT2D eigenvalue weighted by molar-refractivity contribution is 0.0828. The molecule has 0 aromatic heterocycles. The van der Waals surface area contributed by atoms with E-state index in [1.165, 1.54) is 25.2 Å². The fourth-order valence-corrected chi connectivity index (χ4v) is 5.92. The van der Waals surface area contributed by atoms with E-state index >= 15 is 0 Å². The Morgan fingerprint density at radius 1 is 0.978 bits per heavy atom. The van der Waals surface area contributed by atoms with Crippen LogP contribution in [0.3, 0.4) is 0 Å². The number of nitrogens with zero attached hydrogens (tertiary/aromatic N) is 1. The Morgan fingerprint density at radius 3 is 2.20 bits per heavy atom. The number of hydrogen-bond acceptors (Lipinski definition) is 7. The lowest BCUT2D eigenvalue weighted by Crippen LogP contribution is -2.49. The minimum atomic E-state index is -3.69. The molecule has 3 aromatic carbocycles. The van der Waals surface area contributed by atoms with Gasteiger partial charge in [0.1, 0.15) is 0 Å². The zero-order valence-electron chi connectivity index (χ0n) is 26.2. The summed E-state index contributed by atoms with van der Waals surface area (Å²) < 4.78 is 25.9. The molecule has 4 unspecified atom stereocenters. The van der Waals surface area contributed by atoms with Gasteiger partial charge in [0.05, 0.1) is 30.1 Å². The number of carbonyl (C=O) groups is 2. The van der Waals surface area contributed by atoms with Crippen LogP contribution in [0.25, 0.3) is 0 Å². The van der Waals surface area contributed by atoms with Crippen molar-refractivity contribution in [3.8, 4) is 0 Å². The number of nitrogens with one attached hydrogen (secondary N) is 4. The average Bonchev–Trinajstić information content (AvgIpc) is 3.04. The topological polar surface area (TPSA) is 140 Å². The highest BCUT2D eigenvalue weighted by Crippen LogP contribution is 2.22. The first-order valence-electron chi connectivity index (χ1n) is 15.4. The summed E-state index contributed by atoms with van der Waals surface area (Å²) in [6, 6.07) is 22.4. The quantitative estimate of drug-likeness (QED) is 0.184. The number of hydrogen-bond donors (Lipinski definition) is 5. The summed E-state index contributed by atoms with van der Waals surface area (Å²) in [6.45, 7) is 4.86. The van der Waals surface area contributed by atoms with Crippen LogP contribution in [-0.4, -0.2) is 77.0 Å². The fraction of sp³-hybridized carbons (Fsp3) is 0.412. The maximum atomic E-state index is 13.8. The lowest BCUT2D eigenvalue weighted by Gasteiger charge is -2.27. The Hall–Kier alpha value is -3.77. The van der Waals surface area contributed by atoms with Crippen molar-refractivity contribution in [1.29, 1.82) is 0 Å². The van der Waals surface area contributed by atoms with Crippen LogP contribution in [0.5, 0.6) is 0 Å². The number of piperidine rings is 1. The van der Waals surface area contributed by atoms with Crippen LogP contribution in [-0.2, 0) is 16.4 Å². The smallest absolute Gasteiger partial charge is 0.251 e. The molecular weight excluding hydrogens is 590 g/mol. The SMILES string of the molecule is CC(NC(=O)c1cc(C(=O)NC(Cc2ccccc2)C(O)CNCC2CCCNC2)cc(N(C)S(C)(=O)=O)c1)c1ccccc1.